The number of nitrogens with zero attached hydrogens (tertiary/aromatic N) is 2. The lowest BCUT2D eigenvalue weighted by Gasteiger charge is -2.24. The third-order valence-electron chi connectivity index (χ3n) is 5.18. The molecule has 0 aliphatic carbocycles. The lowest BCUT2D eigenvalue weighted by atomic mass is 9.88. The first-order valence-electron chi connectivity index (χ1n) is 9.49. The third-order valence-corrected chi connectivity index (χ3v) is 5.18. The fraction of sp³-hybridized carbons (Fsp3) is 0.409. The normalized spacial score (nSPS) is 16.5. The van der Waals surface area contributed by atoms with Crippen molar-refractivity contribution < 1.29 is 9.90 Å². The van der Waals surface area contributed by atoms with E-state index >= 15 is 0 Å². The number of carbonyl (C=O) groups is 1. The van der Waals surface area contributed by atoms with E-state index < -0.39 is 5.97 Å². The van der Waals surface area contributed by atoms with Crippen LogP contribution in [0.1, 0.15) is 29.9 Å². The summed E-state index contributed by atoms with van der Waals surface area (Å²) in [5, 5.41) is 9.00. The van der Waals surface area contributed by atoms with Crippen LogP contribution in [0.4, 0.5) is 0 Å². The molecule has 1 saturated heterocycles. The minimum atomic E-state index is -0.730. The summed E-state index contributed by atoms with van der Waals surface area (Å²) in [6.45, 7) is 4.91. The zero-order chi connectivity index (χ0) is 18.2. The monoisotopic (exact) mass is 352 g/mol. The second kappa shape index (κ2) is 9.51. The zero-order valence-corrected chi connectivity index (χ0v) is 15.3. The predicted molar refractivity (Wildman–Crippen MR) is 104 cm³/mol. The van der Waals surface area contributed by atoms with Gasteiger partial charge < -0.3 is 10.0 Å². The van der Waals surface area contributed by atoms with E-state index in [9.17, 15) is 4.79 Å². The van der Waals surface area contributed by atoms with E-state index in [2.05, 4.69) is 65.6 Å². The highest BCUT2D eigenvalue weighted by molar-refractivity contribution is 5.69. The van der Waals surface area contributed by atoms with Gasteiger partial charge in [-0.15, -0.1) is 0 Å². The van der Waals surface area contributed by atoms with Crippen molar-refractivity contribution in [1.29, 1.82) is 0 Å². The lowest BCUT2D eigenvalue weighted by molar-refractivity contribution is -0.138. The van der Waals surface area contributed by atoms with Crippen LogP contribution in [0.25, 0.3) is 0 Å². The summed E-state index contributed by atoms with van der Waals surface area (Å²) >= 11 is 0. The summed E-state index contributed by atoms with van der Waals surface area (Å²) in [7, 11) is 0. The Morgan fingerprint density at radius 3 is 1.96 bits per heavy atom. The topological polar surface area (TPSA) is 43.8 Å². The molecule has 4 heteroatoms. The Morgan fingerprint density at radius 2 is 1.38 bits per heavy atom. The molecule has 138 valence electrons. The average Bonchev–Trinajstić information content (AvgIpc) is 2.88. The molecule has 1 N–H and O–H groups in total. The minimum Gasteiger partial charge on any atom is -0.480 e. The Morgan fingerprint density at radius 1 is 0.846 bits per heavy atom. The van der Waals surface area contributed by atoms with Crippen LogP contribution in [0.2, 0.25) is 0 Å². The molecule has 0 bridgehead atoms. The number of hydrogen-bond donors (Lipinski definition) is 1. The Kier molecular flexibility index (Phi) is 6.81. The smallest absolute Gasteiger partial charge is 0.317 e. The van der Waals surface area contributed by atoms with Gasteiger partial charge in [0.1, 0.15) is 0 Å². The van der Waals surface area contributed by atoms with Gasteiger partial charge in [0.2, 0.25) is 0 Å². The Hall–Kier alpha value is -2.17. The molecule has 26 heavy (non-hydrogen) atoms. The summed E-state index contributed by atoms with van der Waals surface area (Å²) in [5.41, 5.74) is 2.72. The van der Waals surface area contributed by atoms with E-state index in [0.717, 1.165) is 45.6 Å². The zero-order valence-electron chi connectivity index (χ0n) is 15.3. The second-order valence-corrected chi connectivity index (χ2v) is 7.03. The minimum absolute atomic E-state index is 0.157. The Balaban J connectivity index is 1.62. The van der Waals surface area contributed by atoms with E-state index in [1.165, 1.54) is 11.1 Å². The van der Waals surface area contributed by atoms with Crippen LogP contribution in [-0.2, 0) is 4.79 Å². The van der Waals surface area contributed by atoms with E-state index in [1.54, 1.807) is 0 Å². The summed E-state index contributed by atoms with van der Waals surface area (Å²) in [6, 6.07) is 21.4. The Bertz CT molecular complexity index is 636. The molecule has 0 spiro atoms. The number of benzene rings is 2. The van der Waals surface area contributed by atoms with Crippen molar-refractivity contribution in [2.75, 3.05) is 39.3 Å². The summed E-state index contributed by atoms with van der Waals surface area (Å²) in [6.07, 6.45) is 2.11. The van der Waals surface area contributed by atoms with Crippen LogP contribution in [0.5, 0.6) is 0 Å². The van der Waals surface area contributed by atoms with Crippen LogP contribution < -0.4 is 0 Å². The molecular weight excluding hydrogens is 324 g/mol. The quantitative estimate of drug-likeness (QED) is 0.830. The van der Waals surface area contributed by atoms with Gasteiger partial charge >= 0.3 is 5.97 Å². The molecule has 0 saturated carbocycles. The van der Waals surface area contributed by atoms with Gasteiger partial charge in [0, 0.05) is 25.6 Å². The maximum absolute atomic E-state index is 10.9. The molecule has 1 aliphatic rings. The fourth-order valence-electron chi connectivity index (χ4n) is 3.81. The molecule has 1 heterocycles. The number of aliphatic carboxylic acids is 1. The van der Waals surface area contributed by atoms with Crippen molar-refractivity contribution in [3.8, 4) is 0 Å². The van der Waals surface area contributed by atoms with Crippen molar-refractivity contribution in [1.82, 2.24) is 9.80 Å². The highest BCUT2D eigenvalue weighted by atomic mass is 16.4. The first-order valence-corrected chi connectivity index (χ1v) is 9.49. The van der Waals surface area contributed by atoms with Gasteiger partial charge in [-0.25, -0.2) is 0 Å². The largest absolute Gasteiger partial charge is 0.480 e. The Labute approximate surface area is 156 Å². The third kappa shape index (κ3) is 5.41. The van der Waals surface area contributed by atoms with Crippen LogP contribution in [0.3, 0.4) is 0 Å². The van der Waals surface area contributed by atoms with E-state index in [0.29, 0.717) is 5.92 Å². The molecule has 2 aromatic carbocycles. The molecule has 0 amide bonds. The van der Waals surface area contributed by atoms with E-state index in [1.807, 2.05) is 4.90 Å². The fourth-order valence-corrected chi connectivity index (χ4v) is 3.81. The van der Waals surface area contributed by atoms with Gasteiger partial charge in [-0.3, -0.25) is 9.69 Å². The average molecular weight is 352 g/mol. The number of hydrogen-bond acceptors (Lipinski definition) is 3. The predicted octanol–water partition coefficient (Wildman–Crippen LogP) is 3.30. The molecule has 1 fully saturated rings. The van der Waals surface area contributed by atoms with Crippen molar-refractivity contribution >= 4 is 5.97 Å². The van der Waals surface area contributed by atoms with Gasteiger partial charge in [-0.1, -0.05) is 60.7 Å². The number of carboxylic acid groups (broad SMARTS) is 1. The lowest BCUT2D eigenvalue weighted by Crippen LogP contribution is -2.34. The van der Waals surface area contributed by atoms with Crippen molar-refractivity contribution in [2.45, 2.75) is 18.8 Å². The van der Waals surface area contributed by atoms with Crippen molar-refractivity contribution in [3.63, 3.8) is 0 Å². The molecule has 1 aliphatic heterocycles. The molecule has 0 radical (unpaired) electrons. The molecule has 0 unspecified atom stereocenters. The highest BCUT2D eigenvalue weighted by Crippen LogP contribution is 2.28. The molecule has 4 nitrogen and oxygen atoms in total. The van der Waals surface area contributed by atoms with E-state index in [4.69, 9.17) is 5.11 Å². The number of rotatable bonds is 7. The molecule has 2 aromatic rings. The number of carboxylic acids is 1. The van der Waals surface area contributed by atoms with Gasteiger partial charge in [-0.2, -0.15) is 0 Å². The maximum Gasteiger partial charge on any atom is 0.317 e. The molecule has 0 aromatic heterocycles. The summed E-state index contributed by atoms with van der Waals surface area (Å²) in [5.74, 6) is -0.331. The molecule has 0 atom stereocenters. The summed E-state index contributed by atoms with van der Waals surface area (Å²) in [4.78, 5) is 15.5. The van der Waals surface area contributed by atoms with Crippen molar-refractivity contribution in [3.05, 3.63) is 71.8 Å². The second-order valence-electron chi connectivity index (χ2n) is 7.03. The van der Waals surface area contributed by atoms with Gasteiger partial charge in [0.15, 0.2) is 0 Å². The maximum atomic E-state index is 10.9. The van der Waals surface area contributed by atoms with Gasteiger partial charge in [-0.05, 0) is 37.1 Å². The van der Waals surface area contributed by atoms with Gasteiger partial charge in [0.05, 0.1) is 6.54 Å². The molecule has 3 rings (SSSR count). The first kappa shape index (κ1) is 18.6. The summed E-state index contributed by atoms with van der Waals surface area (Å²) < 4.78 is 0. The van der Waals surface area contributed by atoms with Crippen LogP contribution in [0, 0.1) is 0 Å². The SMILES string of the molecule is O=C(O)CN1CCCN(CCC(c2ccccc2)c2ccccc2)CC1. The van der Waals surface area contributed by atoms with Crippen LogP contribution in [0.15, 0.2) is 60.7 Å². The first-order chi connectivity index (χ1) is 12.7. The highest BCUT2D eigenvalue weighted by Gasteiger charge is 2.19. The van der Waals surface area contributed by atoms with E-state index in [-0.39, 0.29) is 6.54 Å². The van der Waals surface area contributed by atoms with Crippen LogP contribution in [-0.4, -0.2) is 60.1 Å². The van der Waals surface area contributed by atoms with Gasteiger partial charge in [0.25, 0.3) is 0 Å². The van der Waals surface area contributed by atoms with Crippen LogP contribution >= 0.6 is 0 Å². The molecular formula is C22H28N2O2. The standard InChI is InChI=1S/C22H28N2O2/c25-22(26)18-24-14-7-13-23(16-17-24)15-12-21(19-8-3-1-4-9-19)20-10-5-2-6-11-20/h1-6,8-11,21H,7,12-18H2,(H,25,26). The van der Waals surface area contributed by atoms with Crippen molar-refractivity contribution in [2.24, 2.45) is 0 Å².